The Hall–Kier alpha value is -3.60. The molecule has 0 amide bonds. The van der Waals surface area contributed by atoms with Crippen LogP contribution >= 0.6 is 0 Å². The van der Waals surface area contributed by atoms with E-state index >= 15 is 0 Å². The molecule has 0 radical (unpaired) electrons. The van der Waals surface area contributed by atoms with Gasteiger partial charge < -0.3 is 25.8 Å². The predicted octanol–water partition coefficient (Wildman–Crippen LogP) is 2.79. The fourth-order valence-electron chi connectivity index (χ4n) is 2.76. The zero-order valence-electron chi connectivity index (χ0n) is 18.0. The molecule has 0 unspecified atom stereocenters. The van der Waals surface area contributed by atoms with Crippen molar-refractivity contribution in [3.8, 4) is 5.75 Å². The summed E-state index contributed by atoms with van der Waals surface area (Å²) in [6.07, 6.45) is 2.37. The molecule has 5 N–H and O–H groups in total. The van der Waals surface area contributed by atoms with Crippen molar-refractivity contribution in [3.63, 3.8) is 0 Å². The lowest BCUT2D eigenvalue weighted by molar-refractivity contribution is 0.122. The van der Waals surface area contributed by atoms with E-state index in [1.807, 2.05) is 18.7 Å². The van der Waals surface area contributed by atoms with Crippen molar-refractivity contribution >= 4 is 29.0 Å². The molecular weight excluding hydrogens is 420 g/mol. The van der Waals surface area contributed by atoms with Crippen molar-refractivity contribution in [1.82, 2.24) is 9.97 Å². The smallest absolute Gasteiger partial charge is 0.228 e. The predicted molar refractivity (Wildman–Crippen MR) is 121 cm³/mol. The molecule has 3 rings (SSSR count). The molecule has 2 aromatic rings. The number of hydrogen-bond acceptors (Lipinski definition) is 7. The van der Waals surface area contributed by atoms with Gasteiger partial charge in [0, 0.05) is 18.7 Å². The van der Waals surface area contributed by atoms with Crippen molar-refractivity contribution in [2.45, 2.75) is 13.8 Å². The number of alkyl halides is 1. The average Bonchev–Trinajstić information content (AvgIpc) is 2.81. The summed E-state index contributed by atoms with van der Waals surface area (Å²) in [5.74, 6) is -0.690. The second-order valence-corrected chi connectivity index (χ2v) is 6.23. The lowest BCUT2D eigenvalue weighted by Gasteiger charge is -2.26. The summed E-state index contributed by atoms with van der Waals surface area (Å²) in [7, 11) is 0. The van der Waals surface area contributed by atoms with Gasteiger partial charge in [-0.1, -0.05) is 26.0 Å². The van der Waals surface area contributed by atoms with Gasteiger partial charge in [0.2, 0.25) is 12.8 Å². The Kier molecular flexibility index (Phi) is 9.48. The lowest BCUT2D eigenvalue weighted by atomic mass is 10.0. The van der Waals surface area contributed by atoms with Crippen LogP contribution in [0.1, 0.15) is 19.4 Å². The number of halogens is 2. The highest BCUT2D eigenvalue weighted by Crippen LogP contribution is 2.21. The van der Waals surface area contributed by atoms with E-state index in [0.717, 1.165) is 6.20 Å². The van der Waals surface area contributed by atoms with Crippen LogP contribution in [0, 0.1) is 11.2 Å². The number of hydrogen-bond donors (Lipinski definition) is 3. The maximum absolute atomic E-state index is 14.2. The largest absolute Gasteiger partial charge is 0.463 e. The van der Waals surface area contributed by atoms with Gasteiger partial charge in [0.25, 0.3) is 0 Å². The number of anilines is 1. The van der Waals surface area contributed by atoms with E-state index in [-0.39, 0.29) is 23.1 Å². The normalized spacial score (nSPS) is 14.4. The molecule has 1 aliphatic rings. The summed E-state index contributed by atoms with van der Waals surface area (Å²) in [6.45, 7) is 5.27. The lowest BCUT2D eigenvalue weighted by Crippen LogP contribution is -2.37. The van der Waals surface area contributed by atoms with Crippen molar-refractivity contribution in [2.24, 2.45) is 16.5 Å². The molecule has 0 spiro atoms. The van der Waals surface area contributed by atoms with Gasteiger partial charge in [-0.25, -0.2) is 18.8 Å². The van der Waals surface area contributed by atoms with Gasteiger partial charge in [-0.05, 0) is 23.8 Å². The van der Waals surface area contributed by atoms with Gasteiger partial charge in [0.15, 0.2) is 11.6 Å². The van der Waals surface area contributed by atoms with Crippen LogP contribution in [-0.4, -0.2) is 54.8 Å². The van der Waals surface area contributed by atoms with Crippen LogP contribution in [0.25, 0.3) is 5.57 Å². The summed E-state index contributed by atoms with van der Waals surface area (Å²) in [6, 6.07) is 6.23. The molecule has 2 heterocycles. The number of aliphatic imine (C=N–C) groups is 1. The minimum absolute atomic E-state index is 0.102. The number of aromatic nitrogens is 2. The third kappa shape index (κ3) is 6.71. The van der Waals surface area contributed by atoms with Crippen LogP contribution in [0.4, 0.5) is 20.5 Å². The van der Waals surface area contributed by atoms with Crippen LogP contribution in [0.15, 0.2) is 41.5 Å². The number of nitrogens with zero attached hydrogens (tertiary/aromatic N) is 4. The Labute approximate surface area is 185 Å². The van der Waals surface area contributed by atoms with Crippen LogP contribution in [0.3, 0.4) is 0 Å². The molecule has 1 aromatic carbocycles. The third-order valence-electron chi connectivity index (χ3n) is 4.21. The van der Waals surface area contributed by atoms with E-state index in [2.05, 4.69) is 15.0 Å². The number of nitrogens with one attached hydrogen (secondary N) is 1. The Morgan fingerprint density at radius 2 is 1.91 bits per heavy atom. The first kappa shape index (κ1) is 24.7. The number of nitrogens with two attached hydrogens (primary N) is 2. The number of morpholine rings is 1. The second-order valence-electron chi connectivity index (χ2n) is 6.23. The number of amidine groups is 2. The molecule has 1 fully saturated rings. The second kappa shape index (κ2) is 12.3. The molecule has 9 nitrogen and oxygen atoms in total. The Balaban J connectivity index is 0.00000176. The van der Waals surface area contributed by atoms with Crippen LogP contribution in [0.5, 0.6) is 5.75 Å². The SMILES string of the molecule is CC.N=C(N)/C(=C\C(N)=Nc1nc(N2CCOCC2)ncc1F)c1ccc(OCF)cc1. The van der Waals surface area contributed by atoms with Gasteiger partial charge in [-0.3, -0.25) is 5.41 Å². The molecular formula is C21H27F2N7O2. The standard InChI is InChI=1S/C19H21F2N7O2.C2H6/c20-11-30-13-3-1-12(2-4-13)14(17(23)24)9-16(22)26-18-15(21)10-25-19(27-18)28-5-7-29-8-6-28;1-2/h1-4,9-10H,5-8,11H2,(H3,23,24)(H2,22,25,26,27);1-2H3/b14-9-;. The summed E-state index contributed by atoms with van der Waals surface area (Å²) >= 11 is 0. The highest BCUT2D eigenvalue weighted by atomic mass is 19.1. The summed E-state index contributed by atoms with van der Waals surface area (Å²) in [5, 5.41) is 7.80. The average molecular weight is 447 g/mol. The van der Waals surface area contributed by atoms with E-state index < -0.39 is 12.7 Å². The van der Waals surface area contributed by atoms with Gasteiger partial charge in [0.1, 0.15) is 17.4 Å². The molecule has 0 aliphatic carbocycles. The first-order valence-electron chi connectivity index (χ1n) is 10.0. The van der Waals surface area contributed by atoms with Crippen LogP contribution < -0.4 is 21.1 Å². The molecule has 0 atom stereocenters. The molecule has 172 valence electrons. The summed E-state index contributed by atoms with van der Waals surface area (Å²) in [4.78, 5) is 14.0. The number of ether oxygens (including phenoxy) is 2. The Bertz CT molecular complexity index is 959. The zero-order chi connectivity index (χ0) is 23.5. The van der Waals surface area contributed by atoms with E-state index in [1.165, 1.54) is 18.2 Å². The zero-order valence-corrected chi connectivity index (χ0v) is 18.0. The van der Waals surface area contributed by atoms with E-state index in [1.54, 1.807) is 12.1 Å². The van der Waals surface area contributed by atoms with E-state index in [0.29, 0.717) is 43.6 Å². The van der Waals surface area contributed by atoms with E-state index in [9.17, 15) is 8.78 Å². The maximum atomic E-state index is 14.2. The Morgan fingerprint density at radius 1 is 1.25 bits per heavy atom. The molecule has 0 bridgehead atoms. The van der Waals surface area contributed by atoms with Crippen molar-refractivity contribution in [3.05, 3.63) is 47.9 Å². The minimum Gasteiger partial charge on any atom is -0.463 e. The van der Waals surface area contributed by atoms with Crippen molar-refractivity contribution in [2.75, 3.05) is 38.1 Å². The molecule has 1 saturated heterocycles. The highest BCUT2D eigenvalue weighted by molar-refractivity contribution is 6.24. The summed E-state index contributed by atoms with van der Waals surface area (Å²) in [5.41, 5.74) is 12.4. The van der Waals surface area contributed by atoms with E-state index in [4.69, 9.17) is 26.4 Å². The quantitative estimate of drug-likeness (QED) is 0.439. The van der Waals surface area contributed by atoms with Crippen molar-refractivity contribution < 1.29 is 18.3 Å². The van der Waals surface area contributed by atoms with Gasteiger partial charge in [-0.15, -0.1) is 0 Å². The number of benzene rings is 1. The third-order valence-corrected chi connectivity index (χ3v) is 4.21. The monoisotopic (exact) mass is 447 g/mol. The molecule has 1 aliphatic heterocycles. The first-order chi connectivity index (χ1) is 15.5. The first-order valence-corrected chi connectivity index (χ1v) is 10.0. The maximum Gasteiger partial charge on any atom is 0.228 e. The van der Waals surface area contributed by atoms with Gasteiger partial charge >= 0.3 is 0 Å². The highest BCUT2D eigenvalue weighted by Gasteiger charge is 2.16. The topological polar surface area (TPSA) is 136 Å². The van der Waals surface area contributed by atoms with Gasteiger partial charge in [-0.2, -0.15) is 4.98 Å². The fraction of sp³-hybridized carbons (Fsp3) is 0.333. The molecule has 1 aromatic heterocycles. The molecule has 32 heavy (non-hydrogen) atoms. The fourth-order valence-corrected chi connectivity index (χ4v) is 2.76. The van der Waals surface area contributed by atoms with Gasteiger partial charge in [0.05, 0.1) is 19.4 Å². The summed E-state index contributed by atoms with van der Waals surface area (Å²) < 4.78 is 36.5. The molecule has 11 heteroatoms. The Morgan fingerprint density at radius 3 is 2.50 bits per heavy atom. The molecule has 0 saturated carbocycles. The number of rotatable bonds is 7. The van der Waals surface area contributed by atoms with Crippen molar-refractivity contribution in [1.29, 1.82) is 5.41 Å². The minimum atomic E-state index is -0.953. The van der Waals surface area contributed by atoms with Crippen LogP contribution in [0.2, 0.25) is 0 Å². The van der Waals surface area contributed by atoms with Crippen LogP contribution in [-0.2, 0) is 4.74 Å².